The Morgan fingerprint density at radius 2 is 2.22 bits per heavy atom. The molecule has 0 radical (unpaired) electrons. The first-order valence-corrected chi connectivity index (χ1v) is 7.00. The molecule has 1 fully saturated rings. The number of fused-ring (bicyclic) bond motifs is 1. The summed E-state index contributed by atoms with van der Waals surface area (Å²) in [6, 6.07) is 5.50. The summed E-state index contributed by atoms with van der Waals surface area (Å²) in [6.07, 6.45) is 1.38. The quantitative estimate of drug-likeness (QED) is 0.769. The zero-order valence-corrected chi connectivity index (χ0v) is 10.7. The van der Waals surface area contributed by atoms with Gasteiger partial charge in [-0.15, -0.1) is 0 Å². The molecule has 0 bridgehead atoms. The van der Waals surface area contributed by atoms with Gasteiger partial charge in [-0.25, -0.2) is 4.98 Å². The highest BCUT2D eigenvalue weighted by Gasteiger charge is 2.35. The average molecular weight is 267 g/mol. The van der Waals surface area contributed by atoms with Crippen LogP contribution >= 0.6 is 0 Å². The number of nitrogens with zero attached hydrogens (tertiary/aromatic N) is 3. The molecule has 0 unspecified atom stereocenters. The third-order valence-corrected chi connectivity index (χ3v) is 4.86. The summed E-state index contributed by atoms with van der Waals surface area (Å²) in [5, 5.41) is 0. The number of aromatic nitrogens is 1. The third kappa shape index (κ3) is 2.00. The Morgan fingerprint density at radius 3 is 2.94 bits per heavy atom. The van der Waals surface area contributed by atoms with E-state index in [1.807, 2.05) is 18.2 Å². The van der Waals surface area contributed by atoms with Crippen molar-refractivity contribution in [3.63, 3.8) is 0 Å². The molecule has 18 heavy (non-hydrogen) atoms. The second-order valence-electron chi connectivity index (χ2n) is 4.32. The number of benzene rings is 1. The summed E-state index contributed by atoms with van der Waals surface area (Å²) in [5.74, 6) is 0. The maximum Gasteiger partial charge on any atom is 0.282 e. The van der Waals surface area contributed by atoms with Crippen molar-refractivity contribution in [2.24, 2.45) is 0 Å². The molecule has 2 heterocycles. The van der Waals surface area contributed by atoms with E-state index in [4.69, 9.17) is 4.42 Å². The van der Waals surface area contributed by atoms with Crippen molar-refractivity contribution in [3.05, 3.63) is 30.2 Å². The van der Waals surface area contributed by atoms with Crippen LogP contribution in [0.1, 0.15) is 5.56 Å². The SMILES string of the molecule is CN(Cc1ccc2ncoc2c1)S(=O)(=O)N1CC1. The van der Waals surface area contributed by atoms with Crippen molar-refractivity contribution < 1.29 is 12.8 Å². The summed E-state index contributed by atoms with van der Waals surface area (Å²) in [4.78, 5) is 4.02. The summed E-state index contributed by atoms with van der Waals surface area (Å²) in [6.45, 7) is 1.57. The van der Waals surface area contributed by atoms with Crippen molar-refractivity contribution in [1.82, 2.24) is 13.6 Å². The van der Waals surface area contributed by atoms with Crippen LogP contribution in [0, 0.1) is 0 Å². The zero-order chi connectivity index (χ0) is 12.8. The largest absolute Gasteiger partial charge is 0.443 e. The number of hydrogen-bond donors (Lipinski definition) is 0. The molecule has 0 spiro atoms. The van der Waals surface area contributed by atoms with Gasteiger partial charge in [0.15, 0.2) is 12.0 Å². The molecule has 0 N–H and O–H groups in total. The van der Waals surface area contributed by atoms with E-state index in [1.165, 1.54) is 15.0 Å². The number of hydrogen-bond acceptors (Lipinski definition) is 4. The van der Waals surface area contributed by atoms with Gasteiger partial charge in [0.2, 0.25) is 0 Å². The van der Waals surface area contributed by atoms with Gasteiger partial charge in [-0.05, 0) is 17.7 Å². The molecule has 1 aliphatic heterocycles. The average Bonchev–Trinajstić information content (AvgIpc) is 3.09. The molecule has 1 aliphatic rings. The molecule has 7 heteroatoms. The Kier molecular flexibility index (Phi) is 2.61. The van der Waals surface area contributed by atoms with Crippen LogP contribution in [-0.4, -0.2) is 42.1 Å². The van der Waals surface area contributed by atoms with Crippen LogP contribution in [0.15, 0.2) is 29.0 Å². The molecular formula is C11H13N3O3S. The summed E-state index contributed by atoms with van der Waals surface area (Å²) in [5.41, 5.74) is 2.33. The molecule has 1 aromatic heterocycles. The first kappa shape index (κ1) is 11.6. The molecule has 0 atom stereocenters. The smallest absolute Gasteiger partial charge is 0.282 e. The minimum absolute atomic E-state index is 0.329. The lowest BCUT2D eigenvalue weighted by Crippen LogP contribution is -2.31. The zero-order valence-electron chi connectivity index (χ0n) is 9.91. The summed E-state index contributed by atoms with van der Waals surface area (Å²) >= 11 is 0. The molecule has 0 amide bonds. The van der Waals surface area contributed by atoms with Crippen molar-refractivity contribution in [2.75, 3.05) is 20.1 Å². The molecule has 1 saturated heterocycles. The van der Waals surface area contributed by atoms with Gasteiger partial charge in [0.1, 0.15) is 5.52 Å². The molecule has 2 aromatic rings. The second kappa shape index (κ2) is 4.04. The normalized spacial score (nSPS) is 16.6. The molecule has 96 valence electrons. The predicted octanol–water partition coefficient (Wildman–Crippen LogP) is 0.820. The number of rotatable bonds is 4. The lowest BCUT2D eigenvalue weighted by molar-refractivity contribution is 0.439. The van der Waals surface area contributed by atoms with E-state index >= 15 is 0 Å². The Bertz CT molecular complexity index is 676. The Hall–Kier alpha value is -1.44. The maximum absolute atomic E-state index is 11.9. The van der Waals surface area contributed by atoms with E-state index in [9.17, 15) is 8.42 Å². The van der Waals surface area contributed by atoms with Crippen LogP contribution < -0.4 is 0 Å². The highest BCUT2D eigenvalue weighted by atomic mass is 32.2. The fourth-order valence-corrected chi connectivity index (χ4v) is 3.05. The molecule has 0 aliphatic carbocycles. The first-order chi connectivity index (χ1) is 8.57. The van der Waals surface area contributed by atoms with Crippen LogP contribution in [0.4, 0.5) is 0 Å². The van der Waals surface area contributed by atoms with Crippen molar-refractivity contribution >= 4 is 21.3 Å². The maximum atomic E-state index is 11.9. The van der Waals surface area contributed by atoms with Gasteiger partial charge in [-0.1, -0.05) is 6.07 Å². The topological polar surface area (TPSA) is 66.4 Å². The molecule has 3 rings (SSSR count). The van der Waals surface area contributed by atoms with Crippen LogP contribution in [-0.2, 0) is 16.8 Å². The van der Waals surface area contributed by atoms with E-state index in [2.05, 4.69) is 4.98 Å². The van der Waals surface area contributed by atoms with Crippen molar-refractivity contribution in [2.45, 2.75) is 6.54 Å². The van der Waals surface area contributed by atoms with E-state index in [1.54, 1.807) is 7.05 Å². The van der Waals surface area contributed by atoms with Crippen molar-refractivity contribution in [3.8, 4) is 0 Å². The van der Waals surface area contributed by atoms with Crippen LogP contribution in [0.25, 0.3) is 11.1 Å². The lowest BCUT2D eigenvalue weighted by atomic mass is 10.2. The van der Waals surface area contributed by atoms with E-state index in [0.717, 1.165) is 11.1 Å². The van der Waals surface area contributed by atoms with E-state index in [0.29, 0.717) is 25.2 Å². The molecule has 1 aromatic carbocycles. The van der Waals surface area contributed by atoms with Gasteiger partial charge >= 0.3 is 0 Å². The highest BCUT2D eigenvalue weighted by molar-refractivity contribution is 7.86. The van der Waals surface area contributed by atoms with Gasteiger partial charge in [0.25, 0.3) is 10.2 Å². The second-order valence-corrected chi connectivity index (χ2v) is 6.35. The monoisotopic (exact) mass is 267 g/mol. The van der Waals surface area contributed by atoms with E-state index in [-0.39, 0.29) is 0 Å². The fourth-order valence-electron chi connectivity index (χ4n) is 1.81. The Balaban J connectivity index is 1.83. The van der Waals surface area contributed by atoms with Crippen LogP contribution in [0.5, 0.6) is 0 Å². The van der Waals surface area contributed by atoms with Gasteiger partial charge in [-0.2, -0.15) is 17.0 Å². The van der Waals surface area contributed by atoms with Gasteiger partial charge in [0.05, 0.1) is 0 Å². The lowest BCUT2D eigenvalue weighted by Gasteiger charge is -2.17. The minimum Gasteiger partial charge on any atom is -0.443 e. The van der Waals surface area contributed by atoms with Crippen LogP contribution in [0.2, 0.25) is 0 Å². The van der Waals surface area contributed by atoms with Gasteiger partial charge in [-0.3, -0.25) is 0 Å². The first-order valence-electron chi connectivity index (χ1n) is 5.61. The van der Waals surface area contributed by atoms with Crippen molar-refractivity contribution in [1.29, 1.82) is 0 Å². The van der Waals surface area contributed by atoms with Gasteiger partial charge in [0, 0.05) is 26.7 Å². The summed E-state index contributed by atoms with van der Waals surface area (Å²) < 4.78 is 31.8. The van der Waals surface area contributed by atoms with E-state index < -0.39 is 10.2 Å². The predicted molar refractivity (Wildman–Crippen MR) is 66.0 cm³/mol. The Morgan fingerprint density at radius 1 is 1.44 bits per heavy atom. The molecule has 6 nitrogen and oxygen atoms in total. The minimum atomic E-state index is -3.28. The third-order valence-electron chi connectivity index (χ3n) is 2.93. The standard InChI is InChI=1S/C11H13N3O3S/c1-13(18(15,16)14-4-5-14)7-9-2-3-10-11(6-9)17-8-12-10/h2-3,6,8H,4-5,7H2,1H3. The summed E-state index contributed by atoms with van der Waals surface area (Å²) in [7, 11) is -1.70. The van der Waals surface area contributed by atoms with Crippen LogP contribution in [0.3, 0.4) is 0 Å². The molecular weight excluding hydrogens is 254 g/mol. The fraction of sp³-hybridized carbons (Fsp3) is 0.364. The highest BCUT2D eigenvalue weighted by Crippen LogP contribution is 2.19. The Labute approximate surface area is 105 Å². The molecule has 0 saturated carbocycles. The van der Waals surface area contributed by atoms with Gasteiger partial charge < -0.3 is 4.42 Å². The number of oxazole rings is 1.